The van der Waals surface area contributed by atoms with E-state index >= 15 is 0 Å². The summed E-state index contributed by atoms with van der Waals surface area (Å²) in [6.07, 6.45) is 5.86. The molecule has 1 aliphatic heterocycles. The number of unbranched alkanes of at least 4 members (excludes halogenated alkanes) is 3. The highest BCUT2D eigenvalue weighted by atomic mass is 16.6. The van der Waals surface area contributed by atoms with Gasteiger partial charge in [-0.15, -0.1) is 0 Å². The van der Waals surface area contributed by atoms with Gasteiger partial charge in [-0.05, 0) is 46.6 Å². The SMILES string of the molecule is CCCCCCNCC1(O)CCN(C(=O)OC(C)(C)C)CC1. The third-order valence-corrected chi connectivity index (χ3v) is 4.01. The van der Waals surface area contributed by atoms with E-state index in [1.54, 1.807) is 4.90 Å². The van der Waals surface area contributed by atoms with Crippen molar-refractivity contribution in [1.82, 2.24) is 10.2 Å². The fraction of sp³-hybridized carbons (Fsp3) is 0.941. The lowest BCUT2D eigenvalue weighted by Gasteiger charge is -2.38. The number of likely N-dealkylation sites (tertiary alicyclic amines) is 1. The van der Waals surface area contributed by atoms with Gasteiger partial charge in [0.25, 0.3) is 0 Å². The predicted molar refractivity (Wildman–Crippen MR) is 89.0 cm³/mol. The van der Waals surface area contributed by atoms with Gasteiger partial charge in [-0.2, -0.15) is 0 Å². The van der Waals surface area contributed by atoms with Gasteiger partial charge >= 0.3 is 6.09 Å². The summed E-state index contributed by atoms with van der Waals surface area (Å²) in [5.41, 5.74) is -1.16. The lowest BCUT2D eigenvalue weighted by molar-refractivity contribution is -0.0308. The third kappa shape index (κ3) is 7.45. The molecule has 5 nitrogen and oxygen atoms in total. The van der Waals surface area contributed by atoms with Crippen molar-refractivity contribution in [1.29, 1.82) is 0 Å². The Kier molecular flexibility index (Phi) is 7.63. The molecule has 0 saturated carbocycles. The van der Waals surface area contributed by atoms with E-state index in [-0.39, 0.29) is 6.09 Å². The van der Waals surface area contributed by atoms with Crippen LogP contribution < -0.4 is 5.32 Å². The maximum absolute atomic E-state index is 12.0. The number of amides is 1. The molecule has 0 bridgehead atoms. The molecule has 0 radical (unpaired) electrons. The molecule has 1 heterocycles. The summed E-state index contributed by atoms with van der Waals surface area (Å²) in [7, 11) is 0. The van der Waals surface area contributed by atoms with E-state index in [1.165, 1.54) is 19.3 Å². The number of ether oxygens (including phenoxy) is 1. The van der Waals surface area contributed by atoms with Crippen LogP contribution >= 0.6 is 0 Å². The van der Waals surface area contributed by atoms with Gasteiger partial charge in [0.05, 0.1) is 5.60 Å². The van der Waals surface area contributed by atoms with Crippen LogP contribution in [0.4, 0.5) is 4.79 Å². The van der Waals surface area contributed by atoms with E-state index in [2.05, 4.69) is 12.2 Å². The molecule has 0 atom stereocenters. The van der Waals surface area contributed by atoms with E-state index in [9.17, 15) is 9.90 Å². The summed E-state index contributed by atoms with van der Waals surface area (Å²) in [5.74, 6) is 0. The van der Waals surface area contributed by atoms with Crippen LogP contribution in [0, 0.1) is 0 Å². The number of carbonyl (C=O) groups is 1. The van der Waals surface area contributed by atoms with E-state index in [1.807, 2.05) is 20.8 Å². The number of nitrogens with one attached hydrogen (secondary N) is 1. The van der Waals surface area contributed by atoms with Gasteiger partial charge in [0, 0.05) is 19.6 Å². The van der Waals surface area contributed by atoms with Gasteiger partial charge in [0.2, 0.25) is 0 Å². The maximum Gasteiger partial charge on any atom is 0.410 e. The Bertz CT molecular complexity index is 331. The van der Waals surface area contributed by atoms with Crippen molar-refractivity contribution in [3.63, 3.8) is 0 Å². The Morgan fingerprint density at radius 2 is 1.86 bits per heavy atom. The second-order valence-corrected chi connectivity index (χ2v) is 7.43. The van der Waals surface area contributed by atoms with Gasteiger partial charge < -0.3 is 20.1 Å². The molecule has 1 saturated heterocycles. The smallest absolute Gasteiger partial charge is 0.410 e. The summed E-state index contributed by atoms with van der Waals surface area (Å²) >= 11 is 0. The Morgan fingerprint density at radius 3 is 2.41 bits per heavy atom. The van der Waals surface area contributed by atoms with Gasteiger partial charge in [0.1, 0.15) is 5.60 Å². The Hall–Kier alpha value is -0.810. The molecule has 1 rings (SSSR count). The molecular weight excluding hydrogens is 280 g/mol. The van der Waals surface area contributed by atoms with Crippen molar-refractivity contribution in [3.8, 4) is 0 Å². The van der Waals surface area contributed by atoms with Crippen molar-refractivity contribution in [2.24, 2.45) is 0 Å². The summed E-state index contributed by atoms with van der Waals surface area (Å²) < 4.78 is 5.37. The molecule has 2 N–H and O–H groups in total. The number of piperidine rings is 1. The molecule has 130 valence electrons. The van der Waals surface area contributed by atoms with Crippen molar-refractivity contribution in [2.75, 3.05) is 26.2 Å². The summed E-state index contributed by atoms with van der Waals surface area (Å²) in [5, 5.41) is 13.9. The zero-order valence-corrected chi connectivity index (χ0v) is 14.8. The molecule has 5 heteroatoms. The van der Waals surface area contributed by atoms with Crippen LogP contribution in [0.5, 0.6) is 0 Å². The van der Waals surface area contributed by atoms with E-state index in [4.69, 9.17) is 4.74 Å². The Labute approximate surface area is 135 Å². The average Bonchev–Trinajstić information content (AvgIpc) is 2.41. The first-order valence-electron chi connectivity index (χ1n) is 8.67. The number of nitrogens with zero attached hydrogens (tertiary/aromatic N) is 1. The van der Waals surface area contributed by atoms with Crippen molar-refractivity contribution in [2.45, 2.75) is 77.4 Å². The molecule has 1 fully saturated rings. The summed E-state index contributed by atoms with van der Waals surface area (Å²) in [4.78, 5) is 13.7. The maximum atomic E-state index is 12.0. The molecule has 0 spiro atoms. The van der Waals surface area contributed by atoms with Crippen LogP contribution in [0.15, 0.2) is 0 Å². The highest BCUT2D eigenvalue weighted by Gasteiger charge is 2.34. The van der Waals surface area contributed by atoms with Crippen molar-refractivity contribution < 1.29 is 14.6 Å². The zero-order valence-electron chi connectivity index (χ0n) is 14.8. The lowest BCUT2D eigenvalue weighted by atomic mass is 9.91. The van der Waals surface area contributed by atoms with E-state index < -0.39 is 11.2 Å². The summed E-state index contributed by atoms with van der Waals surface area (Å²) in [6, 6.07) is 0. The first-order chi connectivity index (χ1) is 10.3. The van der Waals surface area contributed by atoms with Gasteiger partial charge in [-0.25, -0.2) is 4.79 Å². The molecule has 0 unspecified atom stereocenters. The van der Waals surface area contributed by atoms with Crippen LogP contribution in [-0.2, 0) is 4.74 Å². The van der Waals surface area contributed by atoms with Crippen molar-refractivity contribution >= 4 is 6.09 Å². The predicted octanol–water partition coefficient (Wildman–Crippen LogP) is 2.92. The second kappa shape index (κ2) is 8.73. The number of hydrogen-bond acceptors (Lipinski definition) is 4. The van der Waals surface area contributed by atoms with Crippen molar-refractivity contribution in [3.05, 3.63) is 0 Å². The summed E-state index contributed by atoms with van der Waals surface area (Å²) in [6.45, 7) is 10.5. The zero-order chi connectivity index (χ0) is 16.6. The second-order valence-electron chi connectivity index (χ2n) is 7.43. The third-order valence-electron chi connectivity index (χ3n) is 4.01. The Morgan fingerprint density at radius 1 is 1.23 bits per heavy atom. The molecule has 1 amide bonds. The van der Waals surface area contributed by atoms with Crippen LogP contribution in [0.2, 0.25) is 0 Å². The number of carbonyl (C=O) groups excluding carboxylic acids is 1. The van der Waals surface area contributed by atoms with Gasteiger partial charge in [-0.1, -0.05) is 26.2 Å². The molecule has 0 aliphatic carbocycles. The molecule has 1 aliphatic rings. The number of rotatable bonds is 7. The van der Waals surface area contributed by atoms with Gasteiger partial charge in [-0.3, -0.25) is 0 Å². The minimum Gasteiger partial charge on any atom is -0.444 e. The standard InChI is InChI=1S/C17H34N2O3/c1-5-6-7-8-11-18-14-17(21)9-12-19(13-10-17)15(20)22-16(2,3)4/h18,21H,5-14H2,1-4H3. The van der Waals surface area contributed by atoms with Crippen LogP contribution in [0.3, 0.4) is 0 Å². The number of aliphatic hydroxyl groups is 1. The lowest BCUT2D eigenvalue weighted by Crippen LogP contribution is -2.52. The van der Waals surface area contributed by atoms with E-state index in [0.29, 0.717) is 32.5 Å². The van der Waals surface area contributed by atoms with Crippen LogP contribution in [0.1, 0.15) is 66.2 Å². The Balaban J connectivity index is 2.24. The molecule has 0 aromatic heterocycles. The normalized spacial score (nSPS) is 18.3. The minimum absolute atomic E-state index is 0.276. The first kappa shape index (κ1) is 19.2. The van der Waals surface area contributed by atoms with Crippen LogP contribution in [-0.4, -0.2) is 53.5 Å². The molecule has 0 aromatic carbocycles. The highest BCUT2D eigenvalue weighted by Crippen LogP contribution is 2.23. The molecule has 22 heavy (non-hydrogen) atoms. The molecule has 0 aromatic rings. The minimum atomic E-state index is -0.691. The highest BCUT2D eigenvalue weighted by molar-refractivity contribution is 5.68. The monoisotopic (exact) mass is 314 g/mol. The topological polar surface area (TPSA) is 61.8 Å². The van der Waals surface area contributed by atoms with Crippen LogP contribution in [0.25, 0.3) is 0 Å². The fourth-order valence-corrected chi connectivity index (χ4v) is 2.61. The molecular formula is C17H34N2O3. The number of hydrogen-bond donors (Lipinski definition) is 2. The first-order valence-corrected chi connectivity index (χ1v) is 8.67. The fourth-order valence-electron chi connectivity index (χ4n) is 2.61. The van der Waals surface area contributed by atoms with E-state index in [0.717, 1.165) is 13.0 Å². The average molecular weight is 314 g/mol. The quantitative estimate of drug-likeness (QED) is 0.709. The van der Waals surface area contributed by atoms with Gasteiger partial charge in [0.15, 0.2) is 0 Å². The largest absolute Gasteiger partial charge is 0.444 e.